The van der Waals surface area contributed by atoms with Gasteiger partial charge >= 0.3 is 0 Å². The van der Waals surface area contributed by atoms with Crippen LogP contribution in [0.3, 0.4) is 0 Å². The summed E-state index contributed by atoms with van der Waals surface area (Å²) >= 11 is 0. The van der Waals surface area contributed by atoms with Crippen LogP contribution in [0.25, 0.3) is 0 Å². The molecule has 1 rings (SSSR count). The second-order valence-corrected chi connectivity index (χ2v) is 5.53. The number of rotatable bonds is 10. The molecule has 0 fully saturated rings. The molecule has 0 aliphatic rings. The molecule has 0 heterocycles. The Morgan fingerprint density at radius 2 is 1.65 bits per heavy atom. The van der Waals surface area contributed by atoms with Crippen LogP contribution in [0.1, 0.15) is 49.9 Å². The number of hydrogen-bond donors (Lipinski definition) is 1. The summed E-state index contributed by atoms with van der Waals surface area (Å²) in [6.07, 6.45) is 4.56. The molecule has 0 saturated carbocycles. The predicted octanol–water partition coefficient (Wildman–Crippen LogP) is 3.66. The van der Waals surface area contributed by atoms with Crippen molar-refractivity contribution in [1.29, 1.82) is 0 Å². The average molecular weight is 323 g/mol. The highest BCUT2D eigenvalue weighted by molar-refractivity contribution is 5.97. The Bertz CT molecular complexity index is 502. The molecule has 1 amide bonds. The SMILES string of the molecule is CCCCC(CC)CNC(=O)c1cc(OC)c(OC)cc1OC. The molecule has 1 atom stereocenters. The number of ether oxygens (including phenoxy) is 3. The highest BCUT2D eigenvalue weighted by atomic mass is 16.5. The zero-order chi connectivity index (χ0) is 17.2. The maximum Gasteiger partial charge on any atom is 0.255 e. The molecule has 1 aromatic rings. The molecular formula is C18H29NO4. The molecule has 1 N–H and O–H groups in total. The van der Waals surface area contributed by atoms with Gasteiger partial charge in [0.2, 0.25) is 0 Å². The van der Waals surface area contributed by atoms with Gasteiger partial charge in [-0.2, -0.15) is 0 Å². The third kappa shape index (κ3) is 5.34. The summed E-state index contributed by atoms with van der Waals surface area (Å²) in [6, 6.07) is 3.32. The Kier molecular flexibility index (Phi) is 8.30. The Balaban J connectivity index is 2.85. The standard InChI is InChI=1S/C18H29NO4/c1-6-8-9-13(7-2)12-19-18(20)14-10-16(22-4)17(23-5)11-15(14)21-3/h10-11,13H,6-9,12H2,1-5H3,(H,19,20). The van der Waals surface area contributed by atoms with E-state index in [0.717, 1.165) is 12.8 Å². The van der Waals surface area contributed by atoms with E-state index in [2.05, 4.69) is 19.2 Å². The molecule has 0 aliphatic carbocycles. The molecule has 0 saturated heterocycles. The lowest BCUT2D eigenvalue weighted by molar-refractivity contribution is 0.0942. The van der Waals surface area contributed by atoms with E-state index in [-0.39, 0.29) is 5.91 Å². The lowest BCUT2D eigenvalue weighted by Crippen LogP contribution is -2.29. The summed E-state index contributed by atoms with van der Waals surface area (Å²) in [7, 11) is 4.63. The van der Waals surface area contributed by atoms with Crippen molar-refractivity contribution in [2.45, 2.75) is 39.5 Å². The minimum absolute atomic E-state index is 0.155. The number of hydrogen-bond acceptors (Lipinski definition) is 4. The summed E-state index contributed by atoms with van der Waals surface area (Å²) in [4.78, 5) is 12.5. The first-order chi connectivity index (χ1) is 11.1. The minimum atomic E-state index is -0.155. The Labute approximate surface area is 139 Å². The smallest absolute Gasteiger partial charge is 0.255 e. The topological polar surface area (TPSA) is 56.8 Å². The number of carbonyl (C=O) groups is 1. The van der Waals surface area contributed by atoms with Crippen LogP contribution in [-0.4, -0.2) is 33.8 Å². The summed E-state index contributed by atoms with van der Waals surface area (Å²) in [5.74, 6) is 1.87. The zero-order valence-corrected chi connectivity index (χ0v) is 14.9. The van der Waals surface area contributed by atoms with Crippen LogP contribution >= 0.6 is 0 Å². The summed E-state index contributed by atoms with van der Waals surface area (Å²) in [5, 5.41) is 3.01. The monoisotopic (exact) mass is 323 g/mol. The van der Waals surface area contributed by atoms with Crippen molar-refractivity contribution in [3.05, 3.63) is 17.7 Å². The molecule has 1 unspecified atom stereocenters. The highest BCUT2D eigenvalue weighted by Crippen LogP contribution is 2.34. The second kappa shape index (κ2) is 9.98. The molecular weight excluding hydrogens is 294 g/mol. The highest BCUT2D eigenvalue weighted by Gasteiger charge is 2.18. The second-order valence-electron chi connectivity index (χ2n) is 5.53. The fourth-order valence-electron chi connectivity index (χ4n) is 2.48. The molecule has 0 aliphatic heterocycles. The number of benzene rings is 1. The van der Waals surface area contributed by atoms with Gasteiger partial charge in [0.1, 0.15) is 5.75 Å². The first-order valence-electron chi connectivity index (χ1n) is 8.19. The van der Waals surface area contributed by atoms with E-state index in [1.54, 1.807) is 26.4 Å². The van der Waals surface area contributed by atoms with Gasteiger partial charge < -0.3 is 19.5 Å². The van der Waals surface area contributed by atoms with Crippen LogP contribution in [0.5, 0.6) is 17.2 Å². The van der Waals surface area contributed by atoms with Crippen molar-refractivity contribution in [3.8, 4) is 17.2 Å². The van der Waals surface area contributed by atoms with Gasteiger partial charge in [-0.05, 0) is 12.3 Å². The van der Waals surface area contributed by atoms with E-state index in [0.29, 0.717) is 35.3 Å². The lowest BCUT2D eigenvalue weighted by Gasteiger charge is -2.17. The van der Waals surface area contributed by atoms with Crippen LogP contribution in [0.15, 0.2) is 12.1 Å². The Morgan fingerprint density at radius 1 is 1.04 bits per heavy atom. The number of unbranched alkanes of at least 4 members (excludes halogenated alkanes) is 1. The van der Waals surface area contributed by atoms with E-state index < -0.39 is 0 Å². The van der Waals surface area contributed by atoms with Gasteiger partial charge in [0.25, 0.3) is 5.91 Å². The van der Waals surface area contributed by atoms with Crippen molar-refractivity contribution in [2.24, 2.45) is 5.92 Å². The van der Waals surface area contributed by atoms with Crippen molar-refractivity contribution in [3.63, 3.8) is 0 Å². The number of carbonyl (C=O) groups excluding carboxylic acids is 1. The number of methoxy groups -OCH3 is 3. The maximum absolute atomic E-state index is 12.5. The summed E-state index contributed by atoms with van der Waals surface area (Å²) in [5.41, 5.74) is 0.454. The van der Waals surface area contributed by atoms with Gasteiger partial charge in [0.05, 0.1) is 26.9 Å². The first kappa shape index (κ1) is 19.1. The number of amides is 1. The fraction of sp³-hybridized carbons (Fsp3) is 0.611. The van der Waals surface area contributed by atoms with Gasteiger partial charge in [-0.15, -0.1) is 0 Å². The third-order valence-corrected chi connectivity index (χ3v) is 4.04. The Morgan fingerprint density at radius 3 is 2.17 bits per heavy atom. The van der Waals surface area contributed by atoms with Crippen molar-refractivity contribution in [2.75, 3.05) is 27.9 Å². The van der Waals surface area contributed by atoms with E-state index in [9.17, 15) is 4.79 Å². The van der Waals surface area contributed by atoms with Crippen LogP contribution < -0.4 is 19.5 Å². The molecule has 0 radical (unpaired) electrons. The number of nitrogens with one attached hydrogen (secondary N) is 1. The van der Waals surface area contributed by atoms with E-state index >= 15 is 0 Å². The fourth-order valence-corrected chi connectivity index (χ4v) is 2.48. The molecule has 23 heavy (non-hydrogen) atoms. The van der Waals surface area contributed by atoms with E-state index in [4.69, 9.17) is 14.2 Å². The largest absolute Gasteiger partial charge is 0.496 e. The van der Waals surface area contributed by atoms with Crippen LogP contribution in [-0.2, 0) is 0 Å². The molecule has 0 spiro atoms. The van der Waals surface area contributed by atoms with E-state index in [1.165, 1.54) is 20.0 Å². The van der Waals surface area contributed by atoms with Gasteiger partial charge in [0, 0.05) is 18.7 Å². The lowest BCUT2D eigenvalue weighted by atomic mass is 9.99. The van der Waals surface area contributed by atoms with Gasteiger partial charge in [-0.3, -0.25) is 4.79 Å². The summed E-state index contributed by atoms with van der Waals surface area (Å²) in [6.45, 7) is 5.01. The molecule has 1 aromatic carbocycles. The Hall–Kier alpha value is -1.91. The molecule has 5 heteroatoms. The van der Waals surface area contributed by atoms with Gasteiger partial charge in [-0.1, -0.05) is 33.1 Å². The quantitative estimate of drug-likeness (QED) is 0.714. The summed E-state index contributed by atoms with van der Waals surface area (Å²) < 4.78 is 15.8. The molecule has 130 valence electrons. The van der Waals surface area contributed by atoms with Crippen molar-refractivity contribution in [1.82, 2.24) is 5.32 Å². The van der Waals surface area contributed by atoms with Crippen LogP contribution in [0.4, 0.5) is 0 Å². The average Bonchev–Trinajstić information content (AvgIpc) is 2.60. The molecule has 5 nitrogen and oxygen atoms in total. The van der Waals surface area contributed by atoms with Crippen molar-refractivity contribution >= 4 is 5.91 Å². The van der Waals surface area contributed by atoms with Crippen molar-refractivity contribution < 1.29 is 19.0 Å². The maximum atomic E-state index is 12.5. The van der Waals surface area contributed by atoms with E-state index in [1.807, 2.05) is 0 Å². The van der Waals surface area contributed by atoms with Gasteiger partial charge in [0.15, 0.2) is 11.5 Å². The van der Waals surface area contributed by atoms with Crippen LogP contribution in [0.2, 0.25) is 0 Å². The predicted molar refractivity (Wildman–Crippen MR) is 91.7 cm³/mol. The van der Waals surface area contributed by atoms with Gasteiger partial charge in [-0.25, -0.2) is 0 Å². The molecule has 0 aromatic heterocycles. The van der Waals surface area contributed by atoms with Crippen LogP contribution in [0, 0.1) is 5.92 Å². The first-order valence-corrected chi connectivity index (χ1v) is 8.19. The zero-order valence-electron chi connectivity index (χ0n) is 14.9. The normalized spacial score (nSPS) is 11.7. The molecule has 0 bridgehead atoms. The third-order valence-electron chi connectivity index (χ3n) is 4.04. The minimum Gasteiger partial charge on any atom is -0.496 e.